The van der Waals surface area contributed by atoms with Gasteiger partial charge in [-0.05, 0) is 43.9 Å². The molecule has 0 spiro atoms. The van der Waals surface area contributed by atoms with Gasteiger partial charge in [0.2, 0.25) is 0 Å². The lowest BCUT2D eigenvalue weighted by Gasteiger charge is -2.08. The maximum atomic E-state index is 4.79. The Morgan fingerprint density at radius 3 is 2.94 bits per heavy atom. The van der Waals surface area contributed by atoms with Crippen LogP contribution in [0.5, 0.6) is 0 Å². The fourth-order valence-electron chi connectivity index (χ4n) is 2.42. The van der Waals surface area contributed by atoms with Gasteiger partial charge in [0.05, 0.1) is 17.6 Å². The van der Waals surface area contributed by atoms with Gasteiger partial charge in [-0.3, -0.25) is 0 Å². The van der Waals surface area contributed by atoms with Crippen molar-refractivity contribution in [2.75, 3.05) is 0 Å². The van der Waals surface area contributed by atoms with E-state index in [-0.39, 0.29) is 0 Å². The van der Waals surface area contributed by atoms with Crippen molar-refractivity contribution in [3.63, 3.8) is 0 Å². The molecule has 1 aliphatic carbocycles. The van der Waals surface area contributed by atoms with Crippen molar-refractivity contribution in [2.45, 2.75) is 52.2 Å². The Bertz CT molecular complexity index is 552. The van der Waals surface area contributed by atoms with Crippen molar-refractivity contribution in [3.8, 4) is 0 Å². The van der Waals surface area contributed by atoms with Crippen LogP contribution in [0.4, 0.5) is 0 Å². The van der Waals surface area contributed by atoms with Gasteiger partial charge in [-0.15, -0.1) is 0 Å². The second-order valence-electron chi connectivity index (χ2n) is 5.33. The van der Waals surface area contributed by atoms with Gasteiger partial charge in [-0.1, -0.05) is 13.0 Å². The van der Waals surface area contributed by atoms with Gasteiger partial charge in [-0.2, -0.15) is 0 Å². The fraction of sp³-hybridized carbons (Fsp3) is 0.533. The molecule has 0 bridgehead atoms. The molecule has 1 fully saturated rings. The number of aromatic nitrogens is 2. The van der Waals surface area contributed by atoms with Crippen molar-refractivity contribution in [3.05, 3.63) is 29.6 Å². The molecule has 0 amide bonds. The van der Waals surface area contributed by atoms with Crippen LogP contribution in [0.3, 0.4) is 0 Å². The molecule has 1 aromatic carbocycles. The first-order valence-corrected chi connectivity index (χ1v) is 6.97. The van der Waals surface area contributed by atoms with Gasteiger partial charge >= 0.3 is 0 Å². The van der Waals surface area contributed by atoms with Crippen LogP contribution in [0.2, 0.25) is 0 Å². The van der Waals surface area contributed by atoms with Crippen molar-refractivity contribution in [1.29, 1.82) is 0 Å². The summed E-state index contributed by atoms with van der Waals surface area (Å²) < 4.78 is 2.37. The summed E-state index contributed by atoms with van der Waals surface area (Å²) in [5, 5.41) is 3.56. The number of benzene rings is 1. The van der Waals surface area contributed by atoms with Gasteiger partial charge in [0.15, 0.2) is 0 Å². The van der Waals surface area contributed by atoms with E-state index in [1.165, 1.54) is 29.7 Å². The summed E-state index contributed by atoms with van der Waals surface area (Å²) in [4.78, 5) is 4.79. The van der Waals surface area contributed by atoms with E-state index < -0.39 is 0 Å². The molecule has 2 aromatic rings. The van der Waals surface area contributed by atoms with Crippen molar-refractivity contribution in [2.24, 2.45) is 0 Å². The van der Waals surface area contributed by atoms with Crippen LogP contribution < -0.4 is 5.32 Å². The maximum Gasteiger partial charge on any atom is 0.123 e. The highest BCUT2D eigenvalue weighted by Crippen LogP contribution is 2.21. The highest BCUT2D eigenvalue weighted by molar-refractivity contribution is 5.76. The van der Waals surface area contributed by atoms with Crippen molar-refractivity contribution in [1.82, 2.24) is 14.9 Å². The van der Waals surface area contributed by atoms with E-state index in [2.05, 4.69) is 41.9 Å². The highest BCUT2D eigenvalue weighted by atomic mass is 15.1. The molecule has 3 nitrogen and oxygen atoms in total. The van der Waals surface area contributed by atoms with Crippen molar-refractivity contribution >= 4 is 11.0 Å². The fourth-order valence-corrected chi connectivity index (χ4v) is 2.42. The zero-order chi connectivity index (χ0) is 12.5. The van der Waals surface area contributed by atoms with E-state index in [0.717, 1.165) is 31.1 Å². The van der Waals surface area contributed by atoms with E-state index >= 15 is 0 Å². The number of nitrogens with one attached hydrogen (secondary N) is 1. The predicted octanol–water partition coefficient (Wildman–Crippen LogP) is 3.01. The van der Waals surface area contributed by atoms with E-state index in [4.69, 9.17) is 4.98 Å². The number of nitrogens with zero attached hydrogens (tertiary/aromatic N) is 2. The third-order valence-corrected chi connectivity index (χ3v) is 3.56. The molecular formula is C15H21N3. The number of fused-ring (bicyclic) bond motifs is 1. The SMILES string of the molecule is CCCn1c(CNC2CC2)nc2cc(C)ccc21. The standard InChI is InChI=1S/C15H21N3/c1-3-8-18-14-7-4-11(2)9-13(14)17-15(18)10-16-12-5-6-12/h4,7,9,12,16H,3,5-6,8,10H2,1-2H3. The van der Waals surface area contributed by atoms with E-state index in [1.807, 2.05) is 0 Å². The molecule has 0 unspecified atom stereocenters. The zero-order valence-electron chi connectivity index (χ0n) is 11.2. The number of hydrogen-bond acceptors (Lipinski definition) is 2. The van der Waals surface area contributed by atoms with Gasteiger partial charge in [0.1, 0.15) is 5.82 Å². The Morgan fingerprint density at radius 2 is 2.22 bits per heavy atom. The zero-order valence-corrected chi connectivity index (χ0v) is 11.2. The summed E-state index contributed by atoms with van der Waals surface area (Å²) in [5.41, 5.74) is 3.69. The molecular weight excluding hydrogens is 222 g/mol. The average Bonchev–Trinajstić information content (AvgIpc) is 3.12. The number of aryl methyl sites for hydroxylation is 2. The average molecular weight is 243 g/mol. The lowest BCUT2D eigenvalue weighted by Crippen LogP contribution is -2.19. The minimum absolute atomic E-state index is 0.738. The first-order chi connectivity index (χ1) is 8.78. The molecule has 3 rings (SSSR count). The lowest BCUT2D eigenvalue weighted by molar-refractivity contribution is 0.596. The number of imidazole rings is 1. The normalized spacial score (nSPS) is 15.4. The lowest BCUT2D eigenvalue weighted by atomic mass is 10.2. The maximum absolute atomic E-state index is 4.79. The Labute approximate surface area is 108 Å². The summed E-state index contributed by atoms with van der Waals surface area (Å²) in [5.74, 6) is 1.18. The molecule has 96 valence electrons. The van der Waals surface area contributed by atoms with Crippen LogP contribution in [-0.2, 0) is 13.1 Å². The molecule has 3 heteroatoms. The quantitative estimate of drug-likeness (QED) is 0.875. The Morgan fingerprint density at radius 1 is 1.39 bits per heavy atom. The molecule has 0 radical (unpaired) electrons. The molecule has 0 aliphatic heterocycles. The molecule has 1 N–H and O–H groups in total. The molecule has 18 heavy (non-hydrogen) atoms. The Hall–Kier alpha value is -1.35. The third kappa shape index (κ3) is 2.27. The van der Waals surface area contributed by atoms with E-state index in [9.17, 15) is 0 Å². The molecule has 0 atom stereocenters. The van der Waals surface area contributed by atoms with Gasteiger partial charge in [0.25, 0.3) is 0 Å². The second kappa shape index (κ2) is 4.73. The predicted molar refractivity (Wildman–Crippen MR) is 74.6 cm³/mol. The van der Waals surface area contributed by atoms with Crippen LogP contribution in [0.15, 0.2) is 18.2 Å². The number of hydrogen-bond donors (Lipinski definition) is 1. The van der Waals surface area contributed by atoms with Gasteiger partial charge in [0, 0.05) is 12.6 Å². The summed E-state index contributed by atoms with van der Waals surface area (Å²) in [6.45, 7) is 6.30. The van der Waals surface area contributed by atoms with Crippen LogP contribution in [0.1, 0.15) is 37.6 Å². The molecule has 1 saturated carbocycles. The Kier molecular flexibility index (Phi) is 3.08. The van der Waals surface area contributed by atoms with Crippen LogP contribution in [0.25, 0.3) is 11.0 Å². The number of rotatable bonds is 5. The third-order valence-electron chi connectivity index (χ3n) is 3.56. The van der Waals surface area contributed by atoms with Crippen molar-refractivity contribution < 1.29 is 0 Å². The molecule has 1 aliphatic rings. The highest BCUT2D eigenvalue weighted by Gasteiger charge is 2.21. The smallest absolute Gasteiger partial charge is 0.123 e. The van der Waals surface area contributed by atoms with Crippen LogP contribution >= 0.6 is 0 Å². The van der Waals surface area contributed by atoms with Gasteiger partial charge in [-0.25, -0.2) is 4.98 Å². The summed E-state index contributed by atoms with van der Waals surface area (Å²) in [6, 6.07) is 7.30. The van der Waals surface area contributed by atoms with E-state index in [1.54, 1.807) is 0 Å². The summed E-state index contributed by atoms with van der Waals surface area (Å²) in [6.07, 6.45) is 3.80. The topological polar surface area (TPSA) is 29.9 Å². The second-order valence-corrected chi connectivity index (χ2v) is 5.33. The first kappa shape index (κ1) is 11.7. The monoisotopic (exact) mass is 243 g/mol. The van der Waals surface area contributed by atoms with E-state index in [0.29, 0.717) is 0 Å². The van der Waals surface area contributed by atoms with Gasteiger partial charge < -0.3 is 9.88 Å². The molecule has 1 aromatic heterocycles. The van der Waals surface area contributed by atoms with Crippen LogP contribution in [-0.4, -0.2) is 15.6 Å². The minimum Gasteiger partial charge on any atom is -0.327 e. The Balaban J connectivity index is 1.95. The summed E-state index contributed by atoms with van der Waals surface area (Å²) in [7, 11) is 0. The summed E-state index contributed by atoms with van der Waals surface area (Å²) >= 11 is 0. The van der Waals surface area contributed by atoms with Crippen LogP contribution in [0, 0.1) is 6.92 Å². The largest absolute Gasteiger partial charge is 0.327 e. The molecule has 0 saturated heterocycles. The first-order valence-electron chi connectivity index (χ1n) is 6.97. The minimum atomic E-state index is 0.738. The molecule has 1 heterocycles.